The summed E-state index contributed by atoms with van der Waals surface area (Å²) in [5, 5.41) is 5.45. The highest BCUT2D eigenvalue weighted by atomic mass is 35.5. The third kappa shape index (κ3) is 6.83. The summed E-state index contributed by atoms with van der Waals surface area (Å²) in [6, 6.07) is 14.9. The Labute approximate surface area is 207 Å². The van der Waals surface area contributed by atoms with Gasteiger partial charge < -0.3 is 14.8 Å². The lowest BCUT2D eigenvalue weighted by Gasteiger charge is -2.11. The number of nitrogens with one attached hydrogen (secondary N) is 2. The molecule has 0 heterocycles. The summed E-state index contributed by atoms with van der Waals surface area (Å²) < 4.78 is 49.1. The first-order valence-electron chi connectivity index (χ1n) is 10.0. The predicted molar refractivity (Wildman–Crippen MR) is 125 cm³/mol. The van der Waals surface area contributed by atoms with Gasteiger partial charge >= 0.3 is 24.0 Å². The number of benzene rings is 3. The number of carbonyl (C=O) groups is 3. The van der Waals surface area contributed by atoms with Crippen LogP contribution in [0.3, 0.4) is 0 Å². The molecule has 0 spiro atoms. The number of hydrazone groups is 1. The van der Waals surface area contributed by atoms with Crippen molar-refractivity contribution in [3.63, 3.8) is 0 Å². The first kappa shape index (κ1) is 26.2. The highest BCUT2D eigenvalue weighted by Crippen LogP contribution is 2.33. The van der Waals surface area contributed by atoms with E-state index in [0.29, 0.717) is 11.8 Å². The monoisotopic (exact) mass is 519 g/mol. The van der Waals surface area contributed by atoms with Crippen molar-refractivity contribution in [2.75, 3.05) is 12.4 Å². The van der Waals surface area contributed by atoms with E-state index in [0.717, 1.165) is 18.3 Å². The average molecular weight is 520 g/mol. The zero-order chi connectivity index (χ0) is 26.3. The van der Waals surface area contributed by atoms with Crippen LogP contribution in [-0.2, 0) is 15.8 Å². The van der Waals surface area contributed by atoms with E-state index < -0.39 is 35.2 Å². The van der Waals surface area contributed by atoms with Crippen molar-refractivity contribution in [2.24, 2.45) is 5.10 Å². The number of alkyl halides is 3. The normalized spacial score (nSPS) is 11.1. The molecule has 0 unspecified atom stereocenters. The number of esters is 1. The molecule has 186 valence electrons. The molecule has 0 radical (unpaired) electrons. The molecule has 0 aliphatic carbocycles. The number of hydrogen-bond donors (Lipinski definition) is 2. The zero-order valence-electron chi connectivity index (χ0n) is 18.4. The summed E-state index contributed by atoms with van der Waals surface area (Å²) in [4.78, 5) is 36.6. The minimum absolute atomic E-state index is 0.114. The molecule has 0 saturated heterocycles. The van der Waals surface area contributed by atoms with E-state index in [1.165, 1.54) is 31.4 Å². The van der Waals surface area contributed by atoms with Gasteiger partial charge in [0, 0.05) is 5.56 Å². The third-order valence-corrected chi connectivity index (χ3v) is 4.87. The lowest BCUT2D eigenvalue weighted by atomic mass is 10.2. The Kier molecular flexibility index (Phi) is 8.28. The van der Waals surface area contributed by atoms with Crippen LogP contribution >= 0.6 is 11.6 Å². The van der Waals surface area contributed by atoms with Gasteiger partial charge in [-0.2, -0.15) is 18.3 Å². The number of methoxy groups -OCH3 is 1. The van der Waals surface area contributed by atoms with Crippen LogP contribution in [0.4, 0.5) is 18.9 Å². The average Bonchev–Trinajstić information content (AvgIpc) is 2.85. The molecule has 3 aromatic rings. The molecule has 36 heavy (non-hydrogen) atoms. The van der Waals surface area contributed by atoms with Crippen LogP contribution < -0.4 is 20.2 Å². The first-order valence-corrected chi connectivity index (χ1v) is 10.4. The molecule has 12 heteroatoms. The maximum Gasteiger partial charge on any atom is 0.416 e. The van der Waals surface area contributed by atoms with Crippen molar-refractivity contribution in [3.8, 4) is 11.5 Å². The first-order chi connectivity index (χ1) is 17.1. The molecule has 0 aliphatic rings. The van der Waals surface area contributed by atoms with Gasteiger partial charge in [-0.1, -0.05) is 29.8 Å². The number of ether oxygens (including phenoxy) is 2. The van der Waals surface area contributed by atoms with Gasteiger partial charge in [-0.05, 0) is 48.5 Å². The van der Waals surface area contributed by atoms with Gasteiger partial charge in [0.25, 0.3) is 0 Å². The molecular weight excluding hydrogens is 503 g/mol. The molecule has 2 amide bonds. The van der Waals surface area contributed by atoms with Gasteiger partial charge in [0.05, 0.1) is 35.2 Å². The molecule has 2 N–H and O–H groups in total. The molecule has 8 nitrogen and oxygen atoms in total. The van der Waals surface area contributed by atoms with Crippen molar-refractivity contribution < 1.29 is 37.0 Å². The highest BCUT2D eigenvalue weighted by Gasteiger charge is 2.31. The predicted octanol–water partition coefficient (Wildman–Crippen LogP) is 4.68. The van der Waals surface area contributed by atoms with E-state index in [-0.39, 0.29) is 21.9 Å². The Morgan fingerprint density at radius 1 is 0.972 bits per heavy atom. The van der Waals surface area contributed by atoms with Crippen molar-refractivity contribution in [2.45, 2.75) is 6.18 Å². The Morgan fingerprint density at radius 3 is 2.44 bits per heavy atom. The molecule has 0 aromatic heterocycles. The fourth-order valence-electron chi connectivity index (χ4n) is 2.78. The largest absolute Gasteiger partial charge is 0.497 e. The van der Waals surface area contributed by atoms with Crippen LogP contribution in [-0.4, -0.2) is 31.1 Å². The zero-order valence-corrected chi connectivity index (χ0v) is 19.2. The maximum atomic E-state index is 12.9. The molecule has 3 rings (SSSR count). The lowest BCUT2D eigenvalue weighted by Crippen LogP contribution is -2.32. The minimum Gasteiger partial charge on any atom is -0.497 e. The topological polar surface area (TPSA) is 106 Å². The van der Waals surface area contributed by atoms with Gasteiger partial charge in [-0.25, -0.2) is 10.2 Å². The summed E-state index contributed by atoms with van der Waals surface area (Å²) in [6.07, 6.45) is -3.54. The maximum absolute atomic E-state index is 12.9. The number of amides is 2. The number of rotatable bonds is 6. The van der Waals surface area contributed by atoms with Gasteiger partial charge in [0.15, 0.2) is 0 Å². The molecule has 0 aliphatic heterocycles. The summed E-state index contributed by atoms with van der Waals surface area (Å²) in [7, 11) is 1.46. The van der Waals surface area contributed by atoms with E-state index in [1.807, 2.05) is 10.7 Å². The van der Waals surface area contributed by atoms with Crippen LogP contribution in [0.25, 0.3) is 0 Å². The van der Waals surface area contributed by atoms with Gasteiger partial charge in [-0.15, -0.1) is 0 Å². The third-order valence-electron chi connectivity index (χ3n) is 4.54. The van der Waals surface area contributed by atoms with Crippen molar-refractivity contribution >= 4 is 41.3 Å². The van der Waals surface area contributed by atoms with E-state index >= 15 is 0 Å². The number of carbonyl (C=O) groups excluding carboxylic acids is 3. The smallest absolute Gasteiger partial charge is 0.416 e. The second kappa shape index (κ2) is 11.4. The van der Waals surface area contributed by atoms with Crippen LogP contribution in [0, 0.1) is 0 Å². The van der Waals surface area contributed by atoms with Gasteiger partial charge in [-0.3, -0.25) is 9.59 Å². The Bertz CT molecular complexity index is 1330. The van der Waals surface area contributed by atoms with E-state index in [9.17, 15) is 27.6 Å². The number of para-hydroxylation sites is 1. The quantitative estimate of drug-likeness (QED) is 0.162. The Balaban J connectivity index is 1.65. The van der Waals surface area contributed by atoms with E-state index in [2.05, 4.69) is 5.10 Å². The summed E-state index contributed by atoms with van der Waals surface area (Å²) in [5.41, 5.74) is 1.01. The van der Waals surface area contributed by atoms with E-state index in [1.54, 1.807) is 24.3 Å². The number of hydrogen-bond acceptors (Lipinski definition) is 6. The van der Waals surface area contributed by atoms with Crippen LogP contribution in [0.1, 0.15) is 21.5 Å². The van der Waals surface area contributed by atoms with Crippen LogP contribution in [0.5, 0.6) is 11.5 Å². The molecule has 0 fully saturated rings. The highest BCUT2D eigenvalue weighted by molar-refractivity contribution is 6.41. The van der Waals surface area contributed by atoms with Gasteiger partial charge in [0.2, 0.25) is 0 Å². The van der Waals surface area contributed by atoms with E-state index in [4.69, 9.17) is 21.1 Å². The fourth-order valence-corrected chi connectivity index (χ4v) is 2.94. The van der Waals surface area contributed by atoms with Crippen LogP contribution in [0.15, 0.2) is 71.8 Å². The molecule has 0 atom stereocenters. The molecular formula is C24H17ClF3N3O5. The van der Waals surface area contributed by atoms with Crippen molar-refractivity contribution in [1.29, 1.82) is 0 Å². The van der Waals surface area contributed by atoms with Crippen molar-refractivity contribution in [1.82, 2.24) is 5.43 Å². The summed E-state index contributed by atoms with van der Waals surface area (Å²) in [5.74, 6) is -2.66. The van der Waals surface area contributed by atoms with Crippen molar-refractivity contribution in [3.05, 3.63) is 88.4 Å². The van der Waals surface area contributed by atoms with Crippen LogP contribution in [0.2, 0.25) is 5.02 Å². The number of halogens is 4. The fraction of sp³-hybridized carbons (Fsp3) is 0.0833. The Morgan fingerprint density at radius 2 is 1.72 bits per heavy atom. The summed E-state index contributed by atoms with van der Waals surface area (Å²) >= 11 is 5.81. The molecule has 3 aromatic carbocycles. The minimum atomic E-state index is -4.67. The number of anilines is 1. The van der Waals surface area contributed by atoms with Gasteiger partial charge in [0.1, 0.15) is 11.5 Å². The molecule has 0 bridgehead atoms. The molecule has 0 saturated carbocycles. The number of nitrogens with zero attached hydrogens (tertiary/aromatic N) is 1. The summed E-state index contributed by atoms with van der Waals surface area (Å²) in [6.45, 7) is 0. The lowest BCUT2D eigenvalue weighted by molar-refractivity contribution is -0.137. The second-order valence-electron chi connectivity index (χ2n) is 7.00. The standard InChI is InChI=1S/C24H17ClF3N3O5/c1-35-17-7-4-6-14(11-17)23(34)36-20-8-3-2-5-15(20)13-29-31-22(33)21(32)30-19-12-16(24(26,27)28)9-10-18(19)25/h2-13H,1H3,(H,30,32)(H,31,33)/b29-13+. The second-order valence-corrected chi connectivity index (χ2v) is 7.41. The SMILES string of the molecule is COc1cccc(C(=O)Oc2ccccc2/C=N/NC(=O)C(=O)Nc2cc(C(F)(F)F)ccc2Cl)c1. The Hall–Kier alpha value is -4.38.